The van der Waals surface area contributed by atoms with Crippen LogP contribution in [0.15, 0.2) is 30.3 Å². The number of amides is 1. The van der Waals surface area contributed by atoms with Gasteiger partial charge >= 0.3 is 0 Å². The monoisotopic (exact) mass is 444 g/mol. The molecule has 152 valence electrons. The smallest absolute Gasteiger partial charge is 0.220 e. The van der Waals surface area contributed by atoms with Crippen LogP contribution >= 0.6 is 15.9 Å². The lowest BCUT2D eigenvalue weighted by atomic mass is 9.48. The summed E-state index contributed by atoms with van der Waals surface area (Å²) in [7, 11) is 0. The Bertz CT molecular complexity index is 701. The number of rotatable bonds is 6. The minimum atomic E-state index is 0.257. The Balaban J connectivity index is 1.24. The zero-order valence-electron chi connectivity index (χ0n) is 16.8. The molecule has 3 nitrogen and oxygen atoms in total. The van der Waals surface area contributed by atoms with Gasteiger partial charge in [0, 0.05) is 17.3 Å². The van der Waals surface area contributed by atoms with Crippen molar-refractivity contribution in [2.45, 2.75) is 68.2 Å². The zero-order valence-corrected chi connectivity index (χ0v) is 18.4. The molecule has 5 aliphatic rings. The van der Waals surface area contributed by atoms with Crippen molar-refractivity contribution in [2.75, 3.05) is 19.6 Å². The largest absolute Gasteiger partial charge is 0.354 e. The van der Waals surface area contributed by atoms with Crippen molar-refractivity contribution in [3.63, 3.8) is 0 Å². The van der Waals surface area contributed by atoms with Crippen LogP contribution in [0.4, 0.5) is 0 Å². The molecule has 3 atom stereocenters. The SMILES string of the molecule is O=C(CC12CC3CC(CC(Br)(C3)C1)C2)NCC(c1ccccc1)N1CCCC1. The molecule has 4 saturated carbocycles. The van der Waals surface area contributed by atoms with Crippen molar-refractivity contribution >= 4 is 21.8 Å². The molecule has 0 radical (unpaired) electrons. The molecule has 1 aromatic carbocycles. The fourth-order valence-corrected chi connectivity index (χ4v) is 8.85. The minimum Gasteiger partial charge on any atom is -0.354 e. The van der Waals surface area contributed by atoms with Crippen LogP contribution in [0.3, 0.4) is 0 Å². The molecule has 0 spiro atoms. The summed E-state index contributed by atoms with van der Waals surface area (Å²) in [4.78, 5) is 15.6. The molecule has 1 amide bonds. The fourth-order valence-electron chi connectivity index (χ4n) is 7.34. The normalized spacial score (nSPS) is 37.9. The highest BCUT2D eigenvalue weighted by molar-refractivity contribution is 9.10. The summed E-state index contributed by atoms with van der Waals surface area (Å²) < 4.78 is 0.333. The maximum atomic E-state index is 13.0. The van der Waals surface area contributed by atoms with Crippen molar-refractivity contribution in [3.05, 3.63) is 35.9 Å². The first-order chi connectivity index (χ1) is 13.5. The Labute approximate surface area is 177 Å². The van der Waals surface area contributed by atoms with Crippen LogP contribution in [0, 0.1) is 17.3 Å². The molecule has 6 rings (SSSR count). The van der Waals surface area contributed by atoms with Crippen LogP contribution in [-0.4, -0.2) is 34.8 Å². The molecule has 0 aromatic heterocycles. The van der Waals surface area contributed by atoms with Gasteiger partial charge in [0.1, 0.15) is 0 Å². The van der Waals surface area contributed by atoms with Crippen LogP contribution in [0.5, 0.6) is 0 Å². The Morgan fingerprint density at radius 3 is 2.43 bits per heavy atom. The van der Waals surface area contributed by atoms with Gasteiger partial charge in [-0.05, 0) is 87.3 Å². The molecule has 4 heteroatoms. The first kappa shape index (κ1) is 19.1. The number of benzene rings is 1. The molecule has 1 aromatic rings. The number of carbonyl (C=O) groups excluding carboxylic acids is 1. The molecule has 1 saturated heterocycles. The van der Waals surface area contributed by atoms with Crippen LogP contribution < -0.4 is 5.32 Å². The zero-order chi connectivity index (χ0) is 19.2. The Hall–Kier alpha value is -0.870. The number of nitrogens with zero attached hydrogens (tertiary/aromatic N) is 1. The second kappa shape index (κ2) is 7.43. The minimum absolute atomic E-state index is 0.257. The predicted molar refractivity (Wildman–Crippen MR) is 116 cm³/mol. The van der Waals surface area contributed by atoms with Gasteiger partial charge in [0.25, 0.3) is 0 Å². The summed E-state index contributed by atoms with van der Waals surface area (Å²) in [6.07, 6.45) is 11.1. The van der Waals surface area contributed by atoms with Gasteiger partial charge in [0.2, 0.25) is 5.91 Å². The van der Waals surface area contributed by atoms with E-state index in [4.69, 9.17) is 0 Å². The van der Waals surface area contributed by atoms with E-state index in [1.54, 1.807) is 0 Å². The Morgan fingerprint density at radius 1 is 1.11 bits per heavy atom. The number of nitrogens with one attached hydrogen (secondary N) is 1. The molecule has 1 N–H and O–H groups in total. The van der Waals surface area contributed by atoms with E-state index in [0.29, 0.717) is 10.4 Å². The number of hydrogen-bond donors (Lipinski definition) is 1. The van der Waals surface area contributed by atoms with Crippen molar-refractivity contribution in [1.82, 2.24) is 10.2 Å². The van der Waals surface area contributed by atoms with Crippen molar-refractivity contribution in [3.8, 4) is 0 Å². The molecule has 3 unspecified atom stereocenters. The van der Waals surface area contributed by atoms with Gasteiger partial charge in [-0.1, -0.05) is 46.3 Å². The van der Waals surface area contributed by atoms with Gasteiger partial charge in [0.05, 0.1) is 6.04 Å². The molecule has 5 fully saturated rings. The lowest BCUT2D eigenvalue weighted by molar-refractivity contribution is -0.128. The van der Waals surface area contributed by atoms with E-state index in [-0.39, 0.29) is 11.3 Å². The van der Waals surface area contributed by atoms with E-state index in [2.05, 4.69) is 56.5 Å². The molecule has 4 bridgehead atoms. The van der Waals surface area contributed by atoms with Crippen LogP contribution in [0.25, 0.3) is 0 Å². The third-order valence-electron chi connectivity index (χ3n) is 7.90. The predicted octanol–water partition coefficient (Wildman–Crippen LogP) is 5.06. The maximum absolute atomic E-state index is 13.0. The van der Waals surface area contributed by atoms with E-state index in [9.17, 15) is 4.79 Å². The third-order valence-corrected chi connectivity index (χ3v) is 8.83. The summed E-state index contributed by atoms with van der Waals surface area (Å²) in [5.74, 6) is 1.96. The number of likely N-dealkylation sites (tertiary alicyclic amines) is 1. The molecule has 1 heterocycles. The van der Waals surface area contributed by atoms with Crippen LogP contribution in [0.2, 0.25) is 0 Å². The van der Waals surface area contributed by atoms with E-state index in [1.165, 1.54) is 56.9 Å². The Kier molecular flexibility index (Phi) is 5.07. The Morgan fingerprint density at radius 2 is 1.79 bits per heavy atom. The highest BCUT2D eigenvalue weighted by Gasteiger charge is 2.57. The highest BCUT2D eigenvalue weighted by Crippen LogP contribution is 2.65. The second-order valence-electron chi connectivity index (χ2n) is 10.3. The van der Waals surface area contributed by atoms with E-state index in [0.717, 1.165) is 37.9 Å². The van der Waals surface area contributed by atoms with E-state index in [1.807, 2.05) is 0 Å². The van der Waals surface area contributed by atoms with Gasteiger partial charge in [-0.25, -0.2) is 0 Å². The molecular formula is C24H33BrN2O. The third kappa shape index (κ3) is 3.79. The summed E-state index contributed by atoms with van der Waals surface area (Å²) in [6.45, 7) is 3.04. The molecule has 28 heavy (non-hydrogen) atoms. The molecule has 4 aliphatic carbocycles. The number of alkyl halides is 1. The van der Waals surface area contributed by atoms with Crippen molar-refractivity contribution in [1.29, 1.82) is 0 Å². The van der Waals surface area contributed by atoms with Gasteiger partial charge in [-0.3, -0.25) is 9.69 Å². The number of carbonyl (C=O) groups is 1. The van der Waals surface area contributed by atoms with Gasteiger partial charge < -0.3 is 5.32 Å². The second-order valence-corrected chi connectivity index (χ2v) is 11.9. The number of hydrogen-bond acceptors (Lipinski definition) is 2. The first-order valence-corrected chi connectivity index (χ1v) is 12.1. The summed E-state index contributed by atoms with van der Waals surface area (Å²) in [5.41, 5.74) is 1.59. The van der Waals surface area contributed by atoms with E-state index >= 15 is 0 Å². The molecular weight excluding hydrogens is 412 g/mol. The van der Waals surface area contributed by atoms with Crippen LogP contribution in [-0.2, 0) is 4.79 Å². The highest BCUT2D eigenvalue weighted by atomic mass is 79.9. The lowest BCUT2D eigenvalue weighted by Crippen LogP contribution is -2.54. The van der Waals surface area contributed by atoms with Crippen molar-refractivity contribution < 1.29 is 4.79 Å². The molecule has 1 aliphatic heterocycles. The summed E-state index contributed by atoms with van der Waals surface area (Å²) in [5, 5.41) is 3.35. The van der Waals surface area contributed by atoms with Gasteiger partial charge in [-0.2, -0.15) is 0 Å². The summed E-state index contributed by atoms with van der Waals surface area (Å²) in [6, 6.07) is 11.0. The lowest BCUT2D eigenvalue weighted by Gasteiger charge is -2.60. The number of halogens is 1. The van der Waals surface area contributed by atoms with Crippen molar-refractivity contribution in [2.24, 2.45) is 17.3 Å². The van der Waals surface area contributed by atoms with Gasteiger partial charge in [0.15, 0.2) is 0 Å². The average molecular weight is 445 g/mol. The topological polar surface area (TPSA) is 32.3 Å². The quantitative estimate of drug-likeness (QED) is 0.621. The average Bonchev–Trinajstić information content (AvgIpc) is 3.14. The van der Waals surface area contributed by atoms with Gasteiger partial charge in [-0.15, -0.1) is 0 Å². The summed E-state index contributed by atoms with van der Waals surface area (Å²) >= 11 is 4.08. The standard InChI is InChI=1S/C24H33BrN2O/c25-24-13-18-10-19(14-24)12-23(11-18,17-24)15-22(28)26-16-21(27-8-4-5-9-27)20-6-2-1-3-7-20/h1-3,6-7,18-19,21H,4-5,8-17H2,(H,26,28). The maximum Gasteiger partial charge on any atom is 0.220 e. The van der Waals surface area contributed by atoms with E-state index < -0.39 is 0 Å². The fraction of sp³-hybridized carbons (Fsp3) is 0.708. The van der Waals surface area contributed by atoms with Crippen LogP contribution in [0.1, 0.15) is 69.4 Å². The first-order valence-electron chi connectivity index (χ1n) is 11.3.